The van der Waals surface area contributed by atoms with Crippen LogP contribution in [0.25, 0.3) is 0 Å². The van der Waals surface area contributed by atoms with Crippen LogP contribution in [0.4, 0.5) is 0 Å². The van der Waals surface area contributed by atoms with E-state index in [1.165, 1.54) is 22.9 Å². The molecule has 1 amide bonds. The number of hydrogen-bond donors (Lipinski definition) is 1. The summed E-state index contributed by atoms with van der Waals surface area (Å²) in [6.07, 6.45) is 0.321. The van der Waals surface area contributed by atoms with Crippen LogP contribution in [-0.4, -0.2) is 5.91 Å². The first-order valence-corrected chi connectivity index (χ1v) is 8.83. The normalized spacial score (nSPS) is 17.3. The van der Waals surface area contributed by atoms with Crippen LogP contribution in [0, 0.1) is 18.3 Å². The Kier molecular flexibility index (Phi) is 5.02. The molecule has 1 atom stereocenters. The van der Waals surface area contributed by atoms with Gasteiger partial charge in [-0.3, -0.25) is 4.79 Å². The second-order valence-corrected chi connectivity index (χ2v) is 6.83. The van der Waals surface area contributed by atoms with E-state index >= 15 is 0 Å². The van der Waals surface area contributed by atoms with E-state index in [9.17, 15) is 10.1 Å². The molecular formula is C20H18N2OS. The van der Waals surface area contributed by atoms with Gasteiger partial charge in [-0.2, -0.15) is 5.26 Å². The molecule has 1 N–H and O–H groups in total. The molecule has 1 heterocycles. The number of rotatable bonds is 4. The molecule has 0 aliphatic carbocycles. The fourth-order valence-electron chi connectivity index (χ4n) is 2.75. The van der Waals surface area contributed by atoms with E-state index in [2.05, 4.69) is 11.4 Å². The molecule has 0 aromatic heterocycles. The minimum Gasteiger partial charge on any atom is -0.320 e. The monoisotopic (exact) mass is 334 g/mol. The maximum absolute atomic E-state index is 12.1. The first-order valence-electron chi connectivity index (χ1n) is 7.85. The lowest BCUT2D eigenvalue weighted by molar-refractivity contribution is -0.120. The summed E-state index contributed by atoms with van der Waals surface area (Å²) in [5, 5.41) is 13.2. The summed E-state index contributed by atoms with van der Waals surface area (Å²) in [6.45, 7) is 2.03. The summed E-state index contributed by atoms with van der Waals surface area (Å²) in [4.78, 5) is 12.1. The van der Waals surface area contributed by atoms with Gasteiger partial charge in [0, 0.05) is 18.1 Å². The van der Waals surface area contributed by atoms with Gasteiger partial charge in [-0.1, -0.05) is 60.2 Å². The van der Waals surface area contributed by atoms with Crippen molar-refractivity contribution >= 4 is 17.7 Å². The van der Waals surface area contributed by atoms with Crippen LogP contribution in [0.5, 0.6) is 0 Å². The Hall–Kier alpha value is -2.51. The van der Waals surface area contributed by atoms with Crippen molar-refractivity contribution in [3.63, 3.8) is 0 Å². The van der Waals surface area contributed by atoms with E-state index in [1.54, 1.807) is 0 Å². The van der Waals surface area contributed by atoms with E-state index in [0.29, 0.717) is 17.0 Å². The first kappa shape index (κ1) is 16.4. The Balaban J connectivity index is 1.88. The summed E-state index contributed by atoms with van der Waals surface area (Å²) < 4.78 is 0. The topological polar surface area (TPSA) is 52.9 Å². The Morgan fingerprint density at radius 1 is 1.17 bits per heavy atom. The Bertz CT molecular complexity index is 804. The smallest absolute Gasteiger partial charge is 0.225 e. The predicted molar refractivity (Wildman–Crippen MR) is 97.1 cm³/mol. The van der Waals surface area contributed by atoms with Crippen LogP contribution in [0.3, 0.4) is 0 Å². The molecule has 0 unspecified atom stereocenters. The highest BCUT2D eigenvalue weighted by molar-refractivity contribution is 8.02. The van der Waals surface area contributed by atoms with Crippen molar-refractivity contribution in [1.29, 1.82) is 5.26 Å². The van der Waals surface area contributed by atoms with Crippen LogP contribution in [0.2, 0.25) is 0 Å². The lowest BCUT2D eigenvalue weighted by Gasteiger charge is -2.25. The Labute approximate surface area is 146 Å². The number of hydrogen-bond acceptors (Lipinski definition) is 3. The van der Waals surface area contributed by atoms with Crippen molar-refractivity contribution in [2.24, 2.45) is 0 Å². The molecule has 4 heteroatoms. The molecule has 0 saturated heterocycles. The van der Waals surface area contributed by atoms with Gasteiger partial charge in [0.15, 0.2) is 0 Å². The van der Waals surface area contributed by atoms with Gasteiger partial charge >= 0.3 is 0 Å². The maximum Gasteiger partial charge on any atom is 0.225 e. The number of allylic oxidation sites excluding steroid dienone is 1. The van der Waals surface area contributed by atoms with Crippen LogP contribution < -0.4 is 5.32 Å². The van der Waals surface area contributed by atoms with E-state index in [-0.39, 0.29) is 11.8 Å². The third-order valence-electron chi connectivity index (χ3n) is 4.06. The molecule has 2 aromatic carbocycles. The van der Waals surface area contributed by atoms with Crippen LogP contribution >= 0.6 is 11.8 Å². The zero-order valence-corrected chi connectivity index (χ0v) is 14.3. The predicted octanol–water partition coefficient (Wildman–Crippen LogP) is 4.27. The van der Waals surface area contributed by atoms with E-state index in [1.807, 2.05) is 61.5 Å². The van der Waals surface area contributed by atoms with Gasteiger partial charge in [0.05, 0.1) is 16.7 Å². The Morgan fingerprint density at radius 3 is 2.54 bits per heavy atom. The zero-order valence-electron chi connectivity index (χ0n) is 13.5. The lowest BCUT2D eigenvalue weighted by atomic mass is 9.87. The fourth-order valence-corrected chi connectivity index (χ4v) is 3.78. The number of carbonyl (C=O) groups excluding carboxylic acids is 1. The average Bonchev–Trinajstić information content (AvgIpc) is 2.61. The second-order valence-electron chi connectivity index (χ2n) is 5.84. The quantitative estimate of drug-likeness (QED) is 0.908. The molecule has 120 valence electrons. The summed E-state index contributed by atoms with van der Waals surface area (Å²) in [5.74, 6) is 0.528. The molecule has 0 spiro atoms. The van der Waals surface area contributed by atoms with Gasteiger partial charge in [-0.15, -0.1) is 11.8 Å². The van der Waals surface area contributed by atoms with Crippen molar-refractivity contribution in [1.82, 2.24) is 5.32 Å². The standard InChI is InChI=1S/C20H18N2OS/c1-14-7-9-16(10-8-14)17-11-19(23)22-20(18(17)12-21)24-13-15-5-3-2-4-6-15/h2-10,17H,11,13H2,1H3,(H,22,23)/t17-/m0/s1. The van der Waals surface area contributed by atoms with Crippen LogP contribution in [0.1, 0.15) is 29.0 Å². The fraction of sp³-hybridized carbons (Fsp3) is 0.200. The van der Waals surface area contributed by atoms with Crippen molar-refractivity contribution in [3.05, 3.63) is 81.9 Å². The van der Waals surface area contributed by atoms with Gasteiger partial charge < -0.3 is 5.32 Å². The van der Waals surface area contributed by atoms with E-state index < -0.39 is 0 Å². The molecular weight excluding hydrogens is 316 g/mol. The van der Waals surface area contributed by atoms with Crippen molar-refractivity contribution < 1.29 is 4.79 Å². The zero-order chi connectivity index (χ0) is 16.9. The molecule has 3 rings (SSSR count). The highest BCUT2D eigenvalue weighted by Crippen LogP contribution is 2.36. The van der Waals surface area contributed by atoms with Gasteiger partial charge in [0.1, 0.15) is 0 Å². The minimum atomic E-state index is -0.164. The van der Waals surface area contributed by atoms with Crippen molar-refractivity contribution in [3.8, 4) is 6.07 Å². The summed E-state index contributed by atoms with van der Waals surface area (Å²) >= 11 is 1.51. The molecule has 3 nitrogen and oxygen atoms in total. The number of benzene rings is 2. The molecule has 24 heavy (non-hydrogen) atoms. The van der Waals surface area contributed by atoms with Crippen molar-refractivity contribution in [2.75, 3.05) is 0 Å². The summed E-state index contributed by atoms with van der Waals surface area (Å²) in [7, 11) is 0. The highest BCUT2D eigenvalue weighted by Gasteiger charge is 2.29. The number of aryl methyl sites for hydroxylation is 1. The van der Waals surface area contributed by atoms with Crippen LogP contribution in [0.15, 0.2) is 65.2 Å². The number of nitrogens with zero attached hydrogens (tertiary/aromatic N) is 1. The third-order valence-corrected chi connectivity index (χ3v) is 5.15. The van der Waals surface area contributed by atoms with Gasteiger partial charge in [0.25, 0.3) is 0 Å². The molecule has 0 saturated carbocycles. The SMILES string of the molecule is Cc1ccc([C@@H]2CC(=O)NC(SCc3ccccc3)=C2C#N)cc1. The number of thioether (sulfide) groups is 1. The number of amides is 1. The average molecular weight is 334 g/mol. The van der Waals surface area contributed by atoms with Gasteiger partial charge in [0.2, 0.25) is 5.91 Å². The number of nitriles is 1. The first-order chi connectivity index (χ1) is 11.7. The van der Waals surface area contributed by atoms with Crippen molar-refractivity contribution in [2.45, 2.75) is 25.0 Å². The van der Waals surface area contributed by atoms with E-state index in [4.69, 9.17) is 0 Å². The van der Waals surface area contributed by atoms with E-state index in [0.717, 1.165) is 11.3 Å². The largest absolute Gasteiger partial charge is 0.320 e. The summed E-state index contributed by atoms with van der Waals surface area (Å²) in [5.41, 5.74) is 4.00. The molecule has 0 fully saturated rings. The highest BCUT2D eigenvalue weighted by atomic mass is 32.2. The third kappa shape index (κ3) is 3.69. The maximum atomic E-state index is 12.1. The minimum absolute atomic E-state index is 0.0323. The number of nitrogens with one attached hydrogen (secondary N) is 1. The van der Waals surface area contributed by atoms with Crippen LogP contribution in [-0.2, 0) is 10.5 Å². The molecule has 1 aliphatic heterocycles. The van der Waals surface area contributed by atoms with Gasteiger partial charge in [-0.05, 0) is 18.1 Å². The molecule has 0 radical (unpaired) electrons. The summed E-state index contributed by atoms with van der Waals surface area (Å²) in [6, 6.07) is 20.4. The number of carbonyl (C=O) groups is 1. The lowest BCUT2D eigenvalue weighted by Crippen LogP contribution is -2.30. The molecule has 1 aliphatic rings. The second kappa shape index (κ2) is 7.37. The molecule has 0 bridgehead atoms. The van der Waals surface area contributed by atoms with Gasteiger partial charge in [-0.25, -0.2) is 0 Å². The Morgan fingerprint density at radius 2 is 1.88 bits per heavy atom. The molecule has 2 aromatic rings.